The summed E-state index contributed by atoms with van der Waals surface area (Å²) in [6.07, 6.45) is -0.978. The van der Waals surface area contributed by atoms with Gasteiger partial charge < -0.3 is 9.97 Å². The van der Waals surface area contributed by atoms with Crippen molar-refractivity contribution in [3.63, 3.8) is 0 Å². The maximum atomic E-state index is 13.7. The van der Waals surface area contributed by atoms with E-state index in [0.29, 0.717) is 16.6 Å². The van der Waals surface area contributed by atoms with Crippen LogP contribution in [-0.2, 0) is 6.18 Å². The van der Waals surface area contributed by atoms with Crippen LogP contribution in [0.5, 0.6) is 0 Å². The number of benzene rings is 3. The Hall–Kier alpha value is -3.61. The molecule has 156 valence electrons. The largest absolute Gasteiger partial charge is 0.416 e. The number of halogens is 5. The molecular weight excluding hydrogens is 411 g/mol. The number of fused-ring (bicyclic) bond motifs is 2. The summed E-state index contributed by atoms with van der Waals surface area (Å²) in [6.45, 7) is 0. The molecule has 2 heterocycles. The SMILES string of the molecule is Fc1ccc2c(C(c3ccc(C(F)(F)F)cc3)c3c[nH]c4cc(F)ccc34)c[nH]c2c1. The molecule has 0 aliphatic heterocycles. The Bertz CT molecular complexity index is 1310. The van der Waals surface area contributed by atoms with E-state index in [2.05, 4.69) is 9.97 Å². The number of aromatic nitrogens is 2. The normalized spacial score (nSPS) is 12.3. The average Bonchev–Trinajstić information content (AvgIpc) is 3.32. The Morgan fingerprint density at radius 2 is 1.13 bits per heavy atom. The van der Waals surface area contributed by atoms with Crippen LogP contribution in [0.4, 0.5) is 22.0 Å². The van der Waals surface area contributed by atoms with Crippen LogP contribution >= 0.6 is 0 Å². The van der Waals surface area contributed by atoms with Crippen molar-refractivity contribution in [2.24, 2.45) is 0 Å². The average molecular weight is 426 g/mol. The Kier molecular flexibility index (Phi) is 4.36. The summed E-state index contributed by atoms with van der Waals surface area (Å²) in [5.41, 5.74) is 2.61. The van der Waals surface area contributed by atoms with Gasteiger partial charge in [-0.05, 0) is 65.2 Å². The van der Waals surface area contributed by atoms with Gasteiger partial charge in [0.15, 0.2) is 0 Å². The zero-order chi connectivity index (χ0) is 21.8. The lowest BCUT2D eigenvalue weighted by Crippen LogP contribution is -2.07. The van der Waals surface area contributed by atoms with Gasteiger partial charge in [0, 0.05) is 40.1 Å². The van der Waals surface area contributed by atoms with Crippen LogP contribution in [0, 0.1) is 11.6 Å². The van der Waals surface area contributed by atoms with Crippen LogP contribution < -0.4 is 0 Å². The first kappa shape index (κ1) is 19.4. The highest BCUT2D eigenvalue weighted by Gasteiger charge is 2.31. The van der Waals surface area contributed by atoms with Crippen LogP contribution in [0.15, 0.2) is 73.1 Å². The molecule has 7 heteroatoms. The zero-order valence-corrected chi connectivity index (χ0v) is 15.9. The lowest BCUT2D eigenvalue weighted by molar-refractivity contribution is -0.137. The summed E-state index contributed by atoms with van der Waals surface area (Å²) < 4.78 is 66.6. The van der Waals surface area contributed by atoms with Crippen LogP contribution in [0.25, 0.3) is 21.8 Å². The highest BCUT2D eigenvalue weighted by Crippen LogP contribution is 2.40. The minimum atomic E-state index is -4.44. The maximum Gasteiger partial charge on any atom is 0.416 e. The van der Waals surface area contributed by atoms with E-state index in [4.69, 9.17) is 0 Å². The predicted molar refractivity (Wildman–Crippen MR) is 109 cm³/mol. The van der Waals surface area contributed by atoms with Crippen molar-refractivity contribution in [1.29, 1.82) is 0 Å². The molecule has 5 aromatic rings. The van der Waals surface area contributed by atoms with Crippen LogP contribution in [0.3, 0.4) is 0 Å². The second-order valence-corrected chi connectivity index (χ2v) is 7.42. The van der Waals surface area contributed by atoms with Gasteiger partial charge in [-0.15, -0.1) is 0 Å². The van der Waals surface area contributed by atoms with E-state index in [1.807, 2.05) is 0 Å². The molecule has 2 N–H and O–H groups in total. The summed E-state index contributed by atoms with van der Waals surface area (Å²) >= 11 is 0. The number of aromatic amines is 2. The monoisotopic (exact) mass is 426 g/mol. The number of alkyl halides is 3. The molecule has 0 saturated heterocycles. The fourth-order valence-corrected chi connectivity index (χ4v) is 4.11. The van der Waals surface area contributed by atoms with Crippen LogP contribution in [0.2, 0.25) is 0 Å². The van der Waals surface area contributed by atoms with Crippen molar-refractivity contribution in [1.82, 2.24) is 9.97 Å². The summed E-state index contributed by atoms with van der Waals surface area (Å²) in [4.78, 5) is 6.09. The quantitative estimate of drug-likeness (QED) is 0.288. The molecule has 0 spiro atoms. The van der Waals surface area contributed by atoms with E-state index in [-0.39, 0.29) is 0 Å². The van der Waals surface area contributed by atoms with Crippen LogP contribution in [0.1, 0.15) is 28.2 Å². The molecule has 0 aliphatic carbocycles. The summed E-state index contributed by atoms with van der Waals surface area (Å²) in [7, 11) is 0. The molecule has 0 radical (unpaired) electrons. The highest BCUT2D eigenvalue weighted by molar-refractivity contribution is 5.89. The fourth-order valence-electron chi connectivity index (χ4n) is 4.11. The Balaban J connectivity index is 1.74. The minimum absolute atomic E-state index is 0.394. The lowest BCUT2D eigenvalue weighted by atomic mass is 9.84. The van der Waals surface area contributed by atoms with E-state index in [0.717, 1.165) is 34.0 Å². The number of nitrogens with one attached hydrogen (secondary N) is 2. The summed E-state index contributed by atoms with van der Waals surface area (Å²) in [6, 6.07) is 13.7. The second-order valence-electron chi connectivity index (χ2n) is 7.42. The molecule has 0 saturated carbocycles. The van der Waals surface area contributed by atoms with Gasteiger partial charge >= 0.3 is 6.18 Å². The first-order valence-electron chi connectivity index (χ1n) is 9.51. The fraction of sp³-hybridized carbons (Fsp3) is 0.0833. The summed E-state index contributed by atoms with van der Waals surface area (Å²) in [5, 5.41) is 1.51. The number of hydrogen-bond acceptors (Lipinski definition) is 0. The first-order chi connectivity index (χ1) is 14.8. The number of hydrogen-bond donors (Lipinski definition) is 2. The second kappa shape index (κ2) is 6.97. The third kappa shape index (κ3) is 3.36. The van der Waals surface area contributed by atoms with E-state index >= 15 is 0 Å². The van der Waals surface area contributed by atoms with Gasteiger partial charge in [-0.1, -0.05) is 12.1 Å². The van der Waals surface area contributed by atoms with Crippen molar-refractivity contribution in [3.05, 3.63) is 107 Å². The standard InChI is InChI=1S/C24H15F5N2/c25-15-5-7-17-19(11-30-21(17)9-15)23(13-1-3-14(4-2-13)24(27,28)29)20-12-31-22-10-16(26)6-8-18(20)22/h1-12,23,30-31H. The van der Waals surface area contributed by atoms with Crippen molar-refractivity contribution >= 4 is 21.8 Å². The lowest BCUT2D eigenvalue weighted by Gasteiger charge is -2.18. The number of H-pyrrole nitrogens is 2. The van der Waals surface area contributed by atoms with Gasteiger partial charge in [0.1, 0.15) is 11.6 Å². The Morgan fingerprint density at radius 1 is 0.645 bits per heavy atom. The zero-order valence-electron chi connectivity index (χ0n) is 15.9. The Labute approximate surface area is 173 Å². The molecule has 2 nitrogen and oxygen atoms in total. The smallest absolute Gasteiger partial charge is 0.361 e. The van der Waals surface area contributed by atoms with E-state index < -0.39 is 29.3 Å². The van der Waals surface area contributed by atoms with Gasteiger partial charge in [0.25, 0.3) is 0 Å². The molecule has 5 rings (SSSR count). The summed E-state index contributed by atoms with van der Waals surface area (Å²) in [5.74, 6) is -1.25. The van der Waals surface area contributed by atoms with Crippen LogP contribution in [-0.4, -0.2) is 9.97 Å². The molecule has 0 aliphatic rings. The van der Waals surface area contributed by atoms with E-state index in [1.54, 1.807) is 24.5 Å². The predicted octanol–water partition coefficient (Wildman–Crippen LogP) is 7.13. The molecule has 0 bridgehead atoms. The molecule has 0 atom stereocenters. The van der Waals surface area contributed by atoms with Gasteiger partial charge in [-0.3, -0.25) is 0 Å². The maximum absolute atomic E-state index is 13.7. The van der Waals surface area contributed by atoms with Crippen molar-refractivity contribution in [2.45, 2.75) is 12.1 Å². The highest BCUT2D eigenvalue weighted by atomic mass is 19.4. The van der Waals surface area contributed by atoms with Gasteiger partial charge in [-0.2, -0.15) is 13.2 Å². The molecule has 0 fully saturated rings. The first-order valence-corrected chi connectivity index (χ1v) is 9.51. The molecular formula is C24H15F5N2. The van der Waals surface area contributed by atoms with Crippen molar-refractivity contribution in [3.8, 4) is 0 Å². The van der Waals surface area contributed by atoms with Gasteiger partial charge in [0.2, 0.25) is 0 Å². The molecule has 0 unspecified atom stereocenters. The van der Waals surface area contributed by atoms with Gasteiger partial charge in [-0.25, -0.2) is 8.78 Å². The van der Waals surface area contributed by atoms with E-state index in [9.17, 15) is 22.0 Å². The number of rotatable bonds is 3. The molecule has 2 aromatic heterocycles. The van der Waals surface area contributed by atoms with Crippen molar-refractivity contribution < 1.29 is 22.0 Å². The molecule has 0 amide bonds. The molecule has 3 aromatic carbocycles. The Morgan fingerprint density at radius 3 is 1.58 bits per heavy atom. The third-order valence-corrected chi connectivity index (χ3v) is 5.54. The topological polar surface area (TPSA) is 31.6 Å². The molecule has 31 heavy (non-hydrogen) atoms. The van der Waals surface area contributed by atoms with E-state index in [1.165, 1.54) is 36.4 Å². The third-order valence-electron chi connectivity index (χ3n) is 5.54. The van der Waals surface area contributed by atoms with Crippen molar-refractivity contribution in [2.75, 3.05) is 0 Å². The minimum Gasteiger partial charge on any atom is -0.361 e. The van der Waals surface area contributed by atoms with Gasteiger partial charge in [0.05, 0.1) is 5.56 Å².